The maximum Gasteiger partial charge on any atom is 0.147 e. The van der Waals surface area contributed by atoms with Gasteiger partial charge in [-0.1, -0.05) is 42.6 Å². The van der Waals surface area contributed by atoms with Crippen LogP contribution in [0.25, 0.3) is 0 Å². The number of alkyl halides is 1. The number of Topliss-reactive ketones (excluding diaryl/α,β-unsaturated/α-hetero) is 1. The van der Waals surface area contributed by atoms with Gasteiger partial charge in [0, 0.05) is 5.92 Å². The number of hydrogen-bond donors (Lipinski definition) is 0. The van der Waals surface area contributed by atoms with Gasteiger partial charge < -0.3 is 0 Å². The summed E-state index contributed by atoms with van der Waals surface area (Å²) in [6.45, 7) is 4.87. The molecule has 1 nitrogen and oxygen atoms in total. The Labute approximate surface area is 156 Å². The van der Waals surface area contributed by atoms with Crippen LogP contribution in [0.3, 0.4) is 0 Å². The van der Waals surface area contributed by atoms with Crippen molar-refractivity contribution in [1.82, 2.24) is 0 Å². The smallest absolute Gasteiger partial charge is 0.147 e. The van der Waals surface area contributed by atoms with Crippen LogP contribution in [0.2, 0.25) is 0 Å². The molecule has 0 aromatic heterocycles. The Hall–Kier alpha value is 0.150. The first-order chi connectivity index (χ1) is 11.6. The summed E-state index contributed by atoms with van der Waals surface area (Å²) in [6.07, 6.45) is 14.1. The second kappa shape index (κ2) is 6.71. The first-order valence-corrected chi connectivity index (χ1v) is 11.8. The second-order valence-electron chi connectivity index (χ2n) is 9.80. The summed E-state index contributed by atoms with van der Waals surface area (Å²) in [5.74, 6) is 6.69. The molecule has 2 heteroatoms. The van der Waals surface area contributed by atoms with Crippen molar-refractivity contribution in [2.45, 2.75) is 78.1 Å². The molecule has 4 rings (SSSR count). The van der Waals surface area contributed by atoms with E-state index in [1.54, 1.807) is 0 Å². The van der Waals surface area contributed by atoms with Gasteiger partial charge >= 0.3 is 0 Å². The average Bonchev–Trinajstić information content (AvgIpc) is 2.97. The molecule has 0 aliphatic heterocycles. The lowest BCUT2D eigenvalue weighted by molar-refractivity contribution is -0.127. The molecule has 8 atom stereocenters. The molecule has 0 aromatic carbocycles. The van der Waals surface area contributed by atoms with Crippen molar-refractivity contribution < 1.29 is 4.79 Å². The fraction of sp³-hybridized carbons (Fsp3) is 0.955. The van der Waals surface area contributed by atoms with E-state index in [9.17, 15) is 4.79 Å². The van der Waals surface area contributed by atoms with Crippen LogP contribution in [-0.4, -0.2) is 11.1 Å². The molecule has 0 saturated heterocycles. The van der Waals surface area contributed by atoms with Gasteiger partial charge in [-0.15, -0.1) is 0 Å². The molecule has 0 heterocycles. The van der Waals surface area contributed by atoms with Crippen LogP contribution in [0.4, 0.5) is 0 Å². The standard InChI is InChI=1S/C22H35BrO/c1-3-14-4-6-16-15(12-14)5-7-18-17(16)10-11-22(2)19(18)8-9-20(22)21(24)13-23/h14-20H,3-13H2,1-2H3. The van der Waals surface area contributed by atoms with Crippen molar-refractivity contribution >= 4 is 21.7 Å². The lowest BCUT2D eigenvalue weighted by Gasteiger charge is -2.56. The number of halogens is 1. The second-order valence-corrected chi connectivity index (χ2v) is 10.4. The summed E-state index contributed by atoms with van der Waals surface area (Å²) in [6, 6.07) is 0. The van der Waals surface area contributed by atoms with Gasteiger partial charge in [0.15, 0.2) is 0 Å². The van der Waals surface area contributed by atoms with Gasteiger partial charge in [-0.25, -0.2) is 0 Å². The number of fused-ring (bicyclic) bond motifs is 5. The lowest BCUT2D eigenvalue weighted by atomic mass is 9.49. The summed E-state index contributed by atoms with van der Waals surface area (Å²) >= 11 is 3.44. The number of carbonyl (C=O) groups is 1. The van der Waals surface area contributed by atoms with E-state index in [0.29, 0.717) is 22.4 Å². The van der Waals surface area contributed by atoms with E-state index in [2.05, 4.69) is 29.8 Å². The van der Waals surface area contributed by atoms with E-state index in [4.69, 9.17) is 0 Å². The summed E-state index contributed by atoms with van der Waals surface area (Å²) in [4.78, 5) is 12.5. The minimum atomic E-state index is 0.319. The van der Waals surface area contributed by atoms with Crippen LogP contribution in [0.5, 0.6) is 0 Å². The molecule has 4 fully saturated rings. The van der Waals surface area contributed by atoms with Crippen molar-refractivity contribution in [2.75, 3.05) is 5.33 Å². The zero-order valence-electron chi connectivity index (χ0n) is 15.6. The van der Waals surface area contributed by atoms with Crippen LogP contribution in [0.1, 0.15) is 78.1 Å². The van der Waals surface area contributed by atoms with Gasteiger partial charge in [0.2, 0.25) is 0 Å². The molecule has 0 N–H and O–H groups in total. The SMILES string of the molecule is CCC1CCC2C(CCC3C2CCC2(C)C(C(=O)CBr)CCC32)C1. The molecule has 8 unspecified atom stereocenters. The van der Waals surface area contributed by atoms with E-state index in [-0.39, 0.29) is 0 Å². The molecule has 4 saturated carbocycles. The van der Waals surface area contributed by atoms with Crippen molar-refractivity contribution in [2.24, 2.45) is 46.8 Å². The van der Waals surface area contributed by atoms with Crippen LogP contribution in [0.15, 0.2) is 0 Å². The summed E-state index contributed by atoms with van der Waals surface area (Å²) in [5.41, 5.74) is 0.319. The Morgan fingerprint density at radius 1 is 1.00 bits per heavy atom. The van der Waals surface area contributed by atoms with E-state index >= 15 is 0 Å². The van der Waals surface area contributed by atoms with Crippen molar-refractivity contribution in [3.8, 4) is 0 Å². The largest absolute Gasteiger partial charge is 0.298 e. The molecule has 0 aromatic rings. The molecular weight excluding hydrogens is 360 g/mol. The predicted molar refractivity (Wildman–Crippen MR) is 103 cm³/mol. The third kappa shape index (κ3) is 2.65. The van der Waals surface area contributed by atoms with Gasteiger partial charge in [-0.05, 0) is 92.3 Å². The Morgan fingerprint density at radius 3 is 2.54 bits per heavy atom. The lowest BCUT2D eigenvalue weighted by Crippen LogP contribution is -2.49. The Balaban J connectivity index is 1.52. The number of hydrogen-bond acceptors (Lipinski definition) is 1. The Morgan fingerprint density at radius 2 is 1.79 bits per heavy atom. The van der Waals surface area contributed by atoms with Gasteiger partial charge in [-0.3, -0.25) is 4.79 Å². The highest BCUT2D eigenvalue weighted by Gasteiger charge is 2.58. The minimum absolute atomic E-state index is 0.319. The van der Waals surface area contributed by atoms with Gasteiger partial charge in [0.05, 0.1) is 5.33 Å². The summed E-state index contributed by atoms with van der Waals surface area (Å²) < 4.78 is 0. The van der Waals surface area contributed by atoms with E-state index in [1.807, 2.05) is 0 Å². The zero-order valence-corrected chi connectivity index (χ0v) is 17.2. The van der Waals surface area contributed by atoms with Gasteiger partial charge in [-0.2, -0.15) is 0 Å². The molecular formula is C22H35BrO. The molecule has 4 aliphatic rings. The van der Waals surface area contributed by atoms with E-state index in [0.717, 1.165) is 35.5 Å². The molecule has 4 aliphatic carbocycles. The zero-order chi connectivity index (χ0) is 16.9. The molecule has 0 bridgehead atoms. The van der Waals surface area contributed by atoms with Crippen LogP contribution < -0.4 is 0 Å². The normalized spacial score (nSPS) is 50.7. The fourth-order valence-corrected chi connectivity index (χ4v) is 8.33. The topological polar surface area (TPSA) is 17.1 Å². The highest BCUT2D eigenvalue weighted by atomic mass is 79.9. The minimum Gasteiger partial charge on any atom is -0.298 e. The predicted octanol–water partition coefficient (Wildman–Crippen LogP) is 6.25. The molecule has 0 amide bonds. The van der Waals surface area contributed by atoms with Gasteiger partial charge in [0.1, 0.15) is 5.78 Å². The summed E-state index contributed by atoms with van der Waals surface area (Å²) in [7, 11) is 0. The van der Waals surface area contributed by atoms with E-state index in [1.165, 1.54) is 64.2 Å². The van der Waals surface area contributed by atoms with Crippen LogP contribution >= 0.6 is 15.9 Å². The van der Waals surface area contributed by atoms with Crippen molar-refractivity contribution in [1.29, 1.82) is 0 Å². The molecule has 24 heavy (non-hydrogen) atoms. The maximum atomic E-state index is 12.5. The van der Waals surface area contributed by atoms with E-state index < -0.39 is 0 Å². The molecule has 0 radical (unpaired) electrons. The monoisotopic (exact) mass is 394 g/mol. The van der Waals surface area contributed by atoms with Crippen molar-refractivity contribution in [3.05, 3.63) is 0 Å². The quantitative estimate of drug-likeness (QED) is 0.517. The molecule has 0 spiro atoms. The average molecular weight is 395 g/mol. The third-order valence-corrected chi connectivity index (χ3v) is 9.71. The maximum absolute atomic E-state index is 12.5. The Kier molecular flexibility index (Phi) is 4.91. The number of carbonyl (C=O) groups excluding carboxylic acids is 1. The van der Waals surface area contributed by atoms with Gasteiger partial charge in [0.25, 0.3) is 0 Å². The first-order valence-electron chi connectivity index (χ1n) is 10.7. The molecule has 136 valence electrons. The van der Waals surface area contributed by atoms with Crippen LogP contribution in [-0.2, 0) is 4.79 Å². The number of rotatable bonds is 3. The third-order valence-electron chi connectivity index (χ3n) is 9.16. The summed E-state index contributed by atoms with van der Waals surface area (Å²) in [5, 5.41) is 0.567. The highest BCUT2D eigenvalue weighted by Crippen LogP contribution is 2.64. The van der Waals surface area contributed by atoms with Crippen molar-refractivity contribution in [3.63, 3.8) is 0 Å². The first kappa shape index (κ1) is 17.6. The Bertz CT molecular complexity index is 488. The van der Waals surface area contributed by atoms with Crippen LogP contribution in [0, 0.1) is 46.8 Å². The fourth-order valence-electron chi connectivity index (χ4n) is 7.94. The number of ketones is 1. The highest BCUT2D eigenvalue weighted by molar-refractivity contribution is 9.09.